The molecule has 2 amide bonds. The van der Waals surface area contributed by atoms with Crippen LogP contribution >= 0.6 is 0 Å². The Hall–Kier alpha value is -1.85. The normalized spacial score (nSPS) is 15.1. The number of nitrogens with one attached hydrogen (secondary N) is 2. The second-order valence-corrected chi connectivity index (χ2v) is 4.81. The van der Waals surface area contributed by atoms with Gasteiger partial charge in [-0.15, -0.1) is 0 Å². The van der Waals surface area contributed by atoms with E-state index in [4.69, 9.17) is 4.74 Å². The number of benzene rings is 1. The number of carbonyl (C=O) groups excluding carboxylic acids is 1. The van der Waals surface area contributed by atoms with Crippen molar-refractivity contribution in [3.63, 3.8) is 0 Å². The van der Waals surface area contributed by atoms with Crippen LogP contribution < -0.4 is 15.4 Å². The van der Waals surface area contributed by atoms with E-state index in [1.165, 1.54) is 6.07 Å². The van der Waals surface area contributed by atoms with Crippen molar-refractivity contribution in [2.24, 2.45) is 0 Å². The molecule has 0 heterocycles. The molecular weight excluding hydrogens is 266 g/mol. The number of amides is 2. The second-order valence-electron chi connectivity index (χ2n) is 4.81. The topological polar surface area (TPSA) is 50.4 Å². The Labute approximate surface area is 116 Å². The largest absolute Gasteiger partial charge is 0.492 e. The van der Waals surface area contributed by atoms with Gasteiger partial charge in [-0.1, -0.05) is 12.8 Å². The van der Waals surface area contributed by atoms with E-state index in [-0.39, 0.29) is 24.4 Å². The van der Waals surface area contributed by atoms with Crippen molar-refractivity contribution in [3.05, 3.63) is 29.8 Å². The summed E-state index contributed by atoms with van der Waals surface area (Å²) in [6.45, 7) is 0.501. The fourth-order valence-electron chi connectivity index (χ4n) is 2.21. The highest BCUT2D eigenvalue weighted by Gasteiger charge is 2.16. The third-order valence-electron chi connectivity index (χ3n) is 3.24. The molecule has 20 heavy (non-hydrogen) atoms. The number of halogens is 2. The number of ether oxygens (including phenoxy) is 1. The fraction of sp³-hybridized carbons (Fsp3) is 0.500. The molecule has 4 nitrogen and oxygen atoms in total. The van der Waals surface area contributed by atoms with Gasteiger partial charge in [-0.25, -0.2) is 13.6 Å². The lowest BCUT2D eigenvalue weighted by Gasteiger charge is -2.13. The van der Waals surface area contributed by atoms with Gasteiger partial charge in [-0.2, -0.15) is 0 Å². The number of hydrogen-bond donors (Lipinski definition) is 2. The van der Waals surface area contributed by atoms with Crippen LogP contribution in [0.5, 0.6) is 5.75 Å². The Morgan fingerprint density at radius 1 is 1.25 bits per heavy atom. The summed E-state index contributed by atoms with van der Waals surface area (Å²) in [6, 6.07) is 3.38. The monoisotopic (exact) mass is 284 g/mol. The maximum absolute atomic E-state index is 12.9. The summed E-state index contributed by atoms with van der Waals surface area (Å²) in [7, 11) is 0. The van der Waals surface area contributed by atoms with Crippen molar-refractivity contribution in [2.45, 2.75) is 31.7 Å². The molecule has 6 heteroatoms. The molecular formula is C14H18F2N2O2. The Morgan fingerprint density at radius 2 is 2.00 bits per heavy atom. The molecule has 0 spiro atoms. The molecule has 1 saturated carbocycles. The van der Waals surface area contributed by atoms with E-state index < -0.39 is 11.6 Å². The van der Waals surface area contributed by atoms with E-state index in [1.807, 2.05) is 0 Å². The van der Waals surface area contributed by atoms with E-state index in [2.05, 4.69) is 10.6 Å². The Balaban J connectivity index is 1.63. The summed E-state index contributed by atoms with van der Waals surface area (Å²) in [5.74, 6) is -1.62. The molecule has 1 fully saturated rings. The highest BCUT2D eigenvalue weighted by Crippen LogP contribution is 2.17. The third kappa shape index (κ3) is 4.36. The van der Waals surface area contributed by atoms with Crippen molar-refractivity contribution < 1.29 is 18.3 Å². The number of urea groups is 1. The van der Waals surface area contributed by atoms with E-state index >= 15 is 0 Å². The lowest BCUT2D eigenvalue weighted by atomic mass is 10.2. The lowest BCUT2D eigenvalue weighted by Crippen LogP contribution is -2.42. The standard InChI is InChI=1S/C14H18F2N2O2/c15-12-6-5-11(9-13(12)16)20-8-7-17-14(19)18-10-3-1-2-4-10/h5-6,9-10H,1-4,7-8H2,(H2,17,18,19). The molecule has 2 N–H and O–H groups in total. The SMILES string of the molecule is O=C(NCCOc1ccc(F)c(F)c1)NC1CCCC1. The second kappa shape index (κ2) is 7.07. The molecule has 0 aromatic heterocycles. The van der Waals surface area contributed by atoms with Gasteiger partial charge < -0.3 is 15.4 Å². The maximum Gasteiger partial charge on any atom is 0.315 e. The van der Waals surface area contributed by atoms with E-state index in [1.54, 1.807) is 0 Å². The molecule has 1 aliphatic rings. The molecule has 0 bridgehead atoms. The van der Waals surface area contributed by atoms with Crippen LogP contribution in [0.4, 0.5) is 13.6 Å². The highest BCUT2D eigenvalue weighted by atomic mass is 19.2. The molecule has 2 rings (SSSR count). The van der Waals surface area contributed by atoms with E-state index in [0.717, 1.165) is 37.8 Å². The number of rotatable bonds is 5. The van der Waals surface area contributed by atoms with Crippen LogP contribution in [0.2, 0.25) is 0 Å². The summed E-state index contributed by atoms with van der Waals surface area (Å²) in [5.41, 5.74) is 0. The zero-order valence-corrected chi connectivity index (χ0v) is 11.1. The van der Waals surface area contributed by atoms with Gasteiger partial charge in [0.1, 0.15) is 12.4 Å². The minimum absolute atomic E-state index is 0.198. The summed E-state index contributed by atoms with van der Waals surface area (Å²) in [5, 5.41) is 5.54. The van der Waals surface area contributed by atoms with Crippen molar-refractivity contribution in [3.8, 4) is 5.75 Å². The van der Waals surface area contributed by atoms with Crippen LogP contribution in [0.3, 0.4) is 0 Å². The van der Waals surface area contributed by atoms with Crippen LogP contribution in [0, 0.1) is 11.6 Å². The van der Waals surface area contributed by atoms with Gasteiger partial charge >= 0.3 is 6.03 Å². The summed E-state index contributed by atoms with van der Waals surface area (Å²) in [6.07, 6.45) is 4.37. The molecule has 110 valence electrons. The fourth-order valence-corrected chi connectivity index (χ4v) is 2.21. The van der Waals surface area contributed by atoms with Crippen LogP contribution in [-0.2, 0) is 0 Å². The van der Waals surface area contributed by atoms with Gasteiger partial charge in [0.05, 0.1) is 6.54 Å². The van der Waals surface area contributed by atoms with Gasteiger partial charge in [0, 0.05) is 12.1 Å². The molecule has 1 aromatic rings. The first-order chi connectivity index (χ1) is 9.65. The highest BCUT2D eigenvalue weighted by molar-refractivity contribution is 5.74. The summed E-state index contributed by atoms with van der Waals surface area (Å²) >= 11 is 0. The van der Waals surface area contributed by atoms with Crippen molar-refractivity contribution in [1.82, 2.24) is 10.6 Å². The molecule has 1 aromatic carbocycles. The summed E-state index contributed by atoms with van der Waals surface area (Å²) in [4.78, 5) is 11.5. The number of carbonyl (C=O) groups is 1. The van der Waals surface area contributed by atoms with Crippen LogP contribution in [-0.4, -0.2) is 25.2 Å². The zero-order chi connectivity index (χ0) is 14.4. The van der Waals surface area contributed by atoms with E-state index in [0.29, 0.717) is 6.54 Å². The van der Waals surface area contributed by atoms with Crippen LogP contribution in [0.1, 0.15) is 25.7 Å². The van der Waals surface area contributed by atoms with Crippen molar-refractivity contribution in [2.75, 3.05) is 13.2 Å². The lowest BCUT2D eigenvalue weighted by molar-refractivity contribution is 0.232. The zero-order valence-electron chi connectivity index (χ0n) is 11.1. The average molecular weight is 284 g/mol. The van der Waals surface area contributed by atoms with Gasteiger partial charge in [0.2, 0.25) is 0 Å². The molecule has 0 aliphatic heterocycles. The minimum atomic E-state index is -0.950. The number of hydrogen-bond acceptors (Lipinski definition) is 2. The Bertz CT molecular complexity index is 462. The molecule has 0 radical (unpaired) electrons. The minimum Gasteiger partial charge on any atom is -0.492 e. The first-order valence-electron chi connectivity index (χ1n) is 6.77. The first-order valence-corrected chi connectivity index (χ1v) is 6.77. The Morgan fingerprint density at radius 3 is 2.70 bits per heavy atom. The van der Waals surface area contributed by atoms with Gasteiger partial charge in [0.15, 0.2) is 11.6 Å². The predicted molar refractivity (Wildman–Crippen MR) is 70.6 cm³/mol. The Kier molecular flexibility index (Phi) is 5.15. The predicted octanol–water partition coefficient (Wildman–Crippen LogP) is 2.59. The molecule has 0 unspecified atom stereocenters. The van der Waals surface area contributed by atoms with Gasteiger partial charge in [-0.05, 0) is 25.0 Å². The van der Waals surface area contributed by atoms with E-state index in [9.17, 15) is 13.6 Å². The quantitative estimate of drug-likeness (QED) is 0.817. The third-order valence-corrected chi connectivity index (χ3v) is 3.24. The summed E-state index contributed by atoms with van der Waals surface area (Å²) < 4.78 is 30.8. The molecule has 0 atom stereocenters. The van der Waals surface area contributed by atoms with Gasteiger partial charge in [-0.3, -0.25) is 0 Å². The van der Waals surface area contributed by atoms with Crippen LogP contribution in [0.15, 0.2) is 18.2 Å². The maximum atomic E-state index is 12.9. The van der Waals surface area contributed by atoms with Crippen LogP contribution in [0.25, 0.3) is 0 Å². The smallest absolute Gasteiger partial charge is 0.315 e. The molecule has 1 aliphatic carbocycles. The van der Waals surface area contributed by atoms with Crippen molar-refractivity contribution >= 4 is 6.03 Å². The van der Waals surface area contributed by atoms with Gasteiger partial charge in [0.25, 0.3) is 0 Å². The average Bonchev–Trinajstić information content (AvgIpc) is 2.91. The molecule has 0 saturated heterocycles. The first kappa shape index (κ1) is 14.6. The van der Waals surface area contributed by atoms with Crippen molar-refractivity contribution in [1.29, 1.82) is 0 Å².